The predicted octanol–water partition coefficient (Wildman–Crippen LogP) is 5.70. The number of benzene rings is 3. The maximum absolute atomic E-state index is 12.7. The molecule has 4 aromatic rings. The normalized spacial score (nSPS) is 10.8. The zero-order valence-corrected chi connectivity index (χ0v) is 18.8. The van der Waals surface area contributed by atoms with E-state index in [1.165, 1.54) is 0 Å². The van der Waals surface area contributed by atoms with Gasteiger partial charge in [-0.25, -0.2) is 4.98 Å². The second kappa shape index (κ2) is 10.7. The van der Waals surface area contributed by atoms with Crippen LogP contribution in [0.3, 0.4) is 0 Å². The summed E-state index contributed by atoms with van der Waals surface area (Å²) in [6.07, 6.45) is 1.14. The largest absolute Gasteiger partial charge is 0.497 e. The van der Waals surface area contributed by atoms with Gasteiger partial charge in [0.05, 0.1) is 17.8 Å². The van der Waals surface area contributed by atoms with E-state index in [9.17, 15) is 4.79 Å². The van der Waals surface area contributed by atoms with Crippen LogP contribution in [0.2, 0.25) is 0 Å². The summed E-state index contributed by atoms with van der Waals surface area (Å²) >= 11 is 1.62. The van der Waals surface area contributed by atoms with Crippen LogP contribution in [0.5, 0.6) is 5.75 Å². The lowest BCUT2D eigenvalue weighted by Gasteiger charge is -2.17. The Morgan fingerprint density at radius 2 is 1.56 bits per heavy atom. The van der Waals surface area contributed by atoms with Crippen molar-refractivity contribution in [1.29, 1.82) is 0 Å². The Labute approximate surface area is 192 Å². The molecule has 162 valence electrons. The Hall–Kier alpha value is -3.44. The number of hydrogen-bond acceptors (Lipinski definition) is 4. The third-order valence-corrected chi connectivity index (χ3v) is 6.30. The van der Waals surface area contributed by atoms with Crippen molar-refractivity contribution in [2.75, 3.05) is 13.7 Å². The molecule has 1 heterocycles. The van der Waals surface area contributed by atoms with Gasteiger partial charge >= 0.3 is 0 Å². The Bertz CT molecular complexity index is 1090. The molecular weight excluding hydrogens is 416 g/mol. The summed E-state index contributed by atoms with van der Waals surface area (Å²) in [6, 6.07) is 28.3. The van der Waals surface area contributed by atoms with Gasteiger partial charge in [-0.3, -0.25) is 4.79 Å². The van der Waals surface area contributed by atoms with Crippen LogP contribution < -0.4 is 10.1 Å². The lowest BCUT2D eigenvalue weighted by molar-refractivity contribution is -0.121. The smallest absolute Gasteiger partial charge is 0.220 e. The van der Waals surface area contributed by atoms with E-state index in [0.29, 0.717) is 19.4 Å². The molecule has 1 aromatic heterocycles. The van der Waals surface area contributed by atoms with Gasteiger partial charge in [0.25, 0.3) is 0 Å². The minimum atomic E-state index is 0.0407. The molecule has 4 rings (SSSR count). The molecule has 0 radical (unpaired) electrons. The number of methoxy groups -OCH3 is 1. The number of rotatable bonds is 9. The van der Waals surface area contributed by atoms with Crippen LogP contribution >= 0.6 is 11.3 Å². The van der Waals surface area contributed by atoms with Gasteiger partial charge in [-0.05, 0) is 35.4 Å². The van der Waals surface area contributed by atoms with Crippen molar-refractivity contribution in [3.8, 4) is 17.0 Å². The lowest BCUT2D eigenvalue weighted by atomic mass is 9.88. The third-order valence-electron chi connectivity index (χ3n) is 5.39. The summed E-state index contributed by atoms with van der Waals surface area (Å²) in [5.74, 6) is 0.921. The zero-order valence-electron chi connectivity index (χ0n) is 18.0. The Kier molecular flexibility index (Phi) is 7.31. The monoisotopic (exact) mass is 442 g/mol. The van der Waals surface area contributed by atoms with Gasteiger partial charge in [0.1, 0.15) is 5.75 Å². The van der Waals surface area contributed by atoms with Gasteiger partial charge in [0.2, 0.25) is 5.91 Å². The fourth-order valence-electron chi connectivity index (χ4n) is 3.69. The van der Waals surface area contributed by atoms with Crippen LogP contribution in [0.15, 0.2) is 90.3 Å². The molecule has 0 aliphatic rings. The maximum atomic E-state index is 12.7. The van der Waals surface area contributed by atoms with Crippen LogP contribution in [0, 0.1) is 0 Å². The summed E-state index contributed by atoms with van der Waals surface area (Å²) in [6.45, 7) is 0.574. The average Bonchev–Trinajstić information content (AvgIpc) is 3.32. The van der Waals surface area contributed by atoms with E-state index in [1.807, 2.05) is 60.7 Å². The second-order valence-electron chi connectivity index (χ2n) is 7.53. The molecule has 0 bridgehead atoms. The topological polar surface area (TPSA) is 51.2 Å². The Morgan fingerprint density at radius 3 is 2.16 bits per heavy atom. The summed E-state index contributed by atoms with van der Waals surface area (Å²) in [5, 5.41) is 6.14. The van der Waals surface area contributed by atoms with Crippen molar-refractivity contribution in [3.05, 3.63) is 106 Å². The molecule has 4 nitrogen and oxygen atoms in total. The molecule has 0 aliphatic heterocycles. The van der Waals surface area contributed by atoms with E-state index in [0.717, 1.165) is 33.1 Å². The first-order chi connectivity index (χ1) is 15.7. The highest BCUT2D eigenvalue weighted by Crippen LogP contribution is 2.28. The van der Waals surface area contributed by atoms with Crippen molar-refractivity contribution in [3.63, 3.8) is 0 Å². The average molecular weight is 443 g/mol. The van der Waals surface area contributed by atoms with Crippen LogP contribution in [-0.4, -0.2) is 24.5 Å². The number of carbonyl (C=O) groups is 1. The summed E-state index contributed by atoms with van der Waals surface area (Å²) in [5.41, 5.74) is 4.31. The van der Waals surface area contributed by atoms with Gasteiger partial charge < -0.3 is 10.1 Å². The van der Waals surface area contributed by atoms with Crippen molar-refractivity contribution in [2.45, 2.75) is 18.8 Å². The molecule has 0 atom stereocenters. The highest BCUT2D eigenvalue weighted by molar-refractivity contribution is 7.09. The molecule has 0 spiro atoms. The standard InChI is InChI=1S/C27H26N2O2S/c1-31-23-14-12-22(13-15-23)25-19-32-27(29-25)16-17-28-26(30)18-24(20-8-4-2-5-9-20)21-10-6-3-7-11-21/h2-15,19,24H,16-18H2,1H3,(H,28,30). The molecule has 32 heavy (non-hydrogen) atoms. The van der Waals surface area contributed by atoms with Gasteiger partial charge in [-0.15, -0.1) is 11.3 Å². The number of hydrogen-bond donors (Lipinski definition) is 1. The first-order valence-corrected chi connectivity index (χ1v) is 11.6. The molecule has 0 aliphatic carbocycles. The van der Waals surface area contributed by atoms with E-state index in [1.54, 1.807) is 18.4 Å². The maximum Gasteiger partial charge on any atom is 0.220 e. The van der Waals surface area contributed by atoms with Gasteiger partial charge in [0, 0.05) is 36.2 Å². The number of nitrogens with zero attached hydrogens (tertiary/aromatic N) is 1. The molecular formula is C27H26N2O2S. The number of thiazole rings is 1. The van der Waals surface area contributed by atoms with Crippen molar-refractivity contribution in [1.82, 2.24) is 10.3 Å². The first-order valence-electron chi connectivity index (χ1n) is 10.7. The highest BCUT2D eigenvalue weighted by Gasteiger charge is 2.18. The summed E-state index contributed by atoms with van der Waals surface area (Å²) < 4.78 is 5.21. The molecule has 0 unspecified atom stereocenters. The zero-order chi connectivity index (χ0) is 22.2. The van der Waals surface area contributed by atoms with E-state index in [-0.39, 0.29) is 11.8 Å². The van der Waals surface area contributed by atoms with Gasteiger partial charge in [-0.1, -0.05) is 60.7 Å². The molecule has 0 saturated carbocycles. The van der Waals surface area contributed by atoms with Gasteiger partial charge in [0.15, 0.2) is 0 Å². The molecule has 5 heteroatoms. The van der Waals surface area contributed by atoms with Crippen molar-refractivity contribution in [2.24, 2.45) is 0 Å². The number of nitrogens with one attached hydrogen (secondary N) is 1. The van der Waals surface area contributed by atoms with E-state index >= 15 is 0 Å². The Balaban J connectivity index is 1.34. The van der Waals surface area contributed by atoms with Crippen molar-refractivity contribution >= 4 is 17.2 Å². The molecule has 0 fully saturated rings. The Morgan fingerprint density at radius 1 is 0.938 bits per heavy atom. The lowest BCUT2D eigenvalue weighted by Crippen LogP contribution is -2.27. The number of amides is 1. The predicted molar refractivity (Wildman–Crippen MR) is 130 cm³/mol. The highest BCUT2D eigenvalue weighted by atomic mass is 32.1. The first kappa shape index (κ1) is 21.8. The summed E-state index contributed by atoms with van der Waals surface area (Å²) in [7, 11) is 1.66. The minimum Gasteiger partial charge on any atom is -0.497 e. The van der Waals surface area contributed by atoms with Crippen LogP contribution in [0.1, 0.15) is 28.5 Å². The molecule has 1 amide bonds. The van der Waals surface area contributed by atoms with Gasteiger partial charge in [-0.2, -0.15) is 0 Å². The van der Waals surface area contributed by atoms with E-state index in [4.69, 9.17) is 9.72 Å². The van der Waals surface area contributed by atoms with Crippen LogP contribution in [0.25, 0.3) is 11.3 Å². The molecule has 3 aromatic carbocycles. The van der Waals surface area contributed by atoms with Crippen molar-refractivity contribution < 1.29 is 9.53 Å². The number of ether oxygens (including phenoxy) is 1. The van der Waals surface area contributed by atoms with E-state index < -0.39 is 0 Å². The quantitative estimate of drug-likeness (QED) is 0.362. The third kappa shape index (κ3) is 5.62. The molecule has 0 saturated heterocycles. The molecule has 1 N–H and O–H groups in total. The SMILES string of the molecule is COc1ccc(-c2csc(CCNC(=O)CC(c3ccccc3)c3ccccc3)n2)cc1. The number of carbonyl (C=O) groups excluding carboxylic acids is 1. The van der Waals surface area contributed by atoms with Crippen LogP contribution in [0.4, 0.5) is 0 Å². The fourth-order valence-corrected chi connectivity index (χ4v) is 4.49. The van der Waals surface area contributed by atoms with Crippen LogP contribution in [-0.2, 0) is 11.2 Å². The second-order valence-corrected chi connectivity index (χ2v) is 8.48. The number of aromatic nitrogens is 1. The summed E-state index contributed by atoms with van der Waals surface area (Å²) in [4.78, 5) is 17.5. The van der Waals surface area contributed by atoms with E-state index in [2.05, 4.69) is 35.0 Å². The fraction of sp³-hybridized carbons (Fsp3) is 0.185. The minimum absolute atomic E-state index is 0.0407.